The summed E-state index contributed by atoms with van der Waals surface area (Å²) in [5.74, 6) is 0. The highest BCUT2D eigenvalue weighted by atomic mass is 31.2. The summed E-state index contributed by atoms with van der Waals surface area (Å²) in [5.41, 5.74) is 0. The van der Waals surface area contributed by atoms with Gasteiger partial charge < -0.3 is 19.6 Å². The predicted octanol–water partition coefficient (Wildman–Crippen LogP) is 1.99. The normalized spacial score (nSPS) is 13.2. The minimum Gasteiger partial charge on any atom is -0.324 e. The Labute approximate surface area is 109 Å². The van der Waals surface area contributed by atoms with Crippen LogP contribution in [0.4, 0.5) is 0 Å². The Morgan fingerprint density at radius 1 is 0.778 bits per heavy atom. The van der Waals surface area contributed by atoms with Crippen molar-refractivity contribution >= 4 is 23.0 Å². The molecular weight excluding hydrogens is 277 g/mol. The highest BCUT2D eigenvalue weighted by Crippen LogP contribution is 2.61. The number of rotatable bonds is 10. The quantitative estimate of drug-likeness (QED) is 0.278. The van der Waals surface area contributed by atoms with E-state index in [2.05, 4.69) is 0 Å². The van der Waals surface area contributed by atoms with Crippen molar-refractivity contribution in [1.82, 2.24) is 0 Å². The molecule has 6 nitrogen and oxygen atoms in total. The van der Waals surface area contributed by atoms with Crippen LogP contribution in [-0.2, 0) is 9.13 Å². The molecule has 0 spiro atoms. The van der Waals surface area contributed by atoms with Gasteiger partial charge in [-0.05, 0) is 6.42 Å². The summed E-state index contributed by atoms with van der Waals surface area (Å²) in [7, 11) is -4.15. The van der Waals surface area contributed by atoms with E-state index in [0.717, 1.165) is 25.7 Å². The smallest absolute Gasteiger partial charge is 0.324 e. The molecule has 0 aliphatic rings. The van der Waals surface area contributed by atoms with E-state index in [9.17, 15) is 9.13 Å². The molecule has 0 aliphatic carbocycles. The Morgan fingerprint density at radius 3 is 1.56 bits per heavy atom. The lowest BCUT2D eigenvalue weighted by molar-refractivity contribution is 0.333. The Bertz CT molecular complexity index is 290. The van der Waals surface area contributed by atoms with Crippen LogP contribution in [0.3, 0.4) is 0 Å². The van der Waals surface area contributed by atoms with E-state index in [1.165, 1.54) is 0 Å². The van der Waals surface area contributed by atoms with Crippen LogP contribution in [0.5, 0.6) is 0 Å². The summed E-state index contributed by atoms with van der Waals surface area (Å²) in [6, 6.07) is 0. The van der Waals surface area contributed by atoms with E-state index in [4.69, 9.17) is 27.4 Å². The molecule has 0 saturated heterocycles. The minimum atomic E-state index is -4.74. The van der Waals surface area contributed by atoms with E-state index in [1.54, 1.807) is 0 Å². The van der Waals surface area contributed by atoms with Gasteiger partial charge >= 0.3 is 15.2 Å². The van der Waals surface area contributed by atoms with Crippen LogP contribution in [0.25, 0.3) is 0 Å². The molecule has 18 heavy (non-hydrogen) atoms. The molecule has 0 atom stereocenters. The van der Waals surface area contributed by atoms with Crippen molar-refractivity contribution in [3.8, 4) is 0 Å². The fourth-order valence-corrected chi connectivity index (χ4v) is 4.32. The molecule has 0 amide bonds. The Hall–Kier alpha value is 0.365. The van der Waals surface area contributed by atoms with Crippen LogP contribution in [0, 0.1) is 0 Å². The first kappa shape index (κ1) is 18.4. The van der Waals surface area contributed by atoms with Crippen molar-refractivity contribution < 1.29 is 28.7 Å². The monoisotopic (exact) mass is 298 g/mol. The molecule has 0 saturated carbocycles. The first-order valence-corrected chi connectivity index (χ1v) is 9.36. The SMILES string of the molecule is [B]CCCCCCCCC(P(=O)(O)O)P(=O)(O)O. The Balaban J connectivity index is 3.94. The fraction of sp³-hybridized carbons (Fsp3) is 1.00. The average molecular weight is 298 g/mol. The largest absolute Gasteiger partial charge is 0.340 e. The summed E-state index contributed by atoms with van der Waals surface area (Å²) in [5, 5.41) is -1.85. The average Bonchev–Trinajstić information content (AvgIpc) is 2.18. The van der Waals surface area contributed by atoms with Crippen LogP contribution >= 0.6 is 15.2 Å². The van der Waals surface area contributed by atoms with Gasteiger partial charge in [0.25, 0.3) is 0 Å². The van der Waals surface area contributed by atoms with E-state index in [0.29, 0.717) is 19.2 Å². The minimum absolute atomic E-state index is 0.147. The molecule has 0 fully saturated rings. The lowest BCUT2D eigenvalue weighted by Crippen LogP contribution is -2.09. The molecule has 0 bridgehead atoms. The molecule has 0 aromatic heterocycles. The summed E-state index contributed by atoms with van der Waals surface area (Å²) < 4.78 is 21.9. The zero-order valence-electron chi connectivity index (χ0n) is 10.3. The summed E-state index contributed by atoms with van der Waals surface area (Å²) in [6.45, 7) is 0. The molecule has 4 N–H and O–H groups in total. The maximum Gasteiger partial charge on any atom is 0.340 e. The van der Waals surface area contributed by atoms with Crippen LogP contribution in [0.1, 0.15) is 44.9 Å². The maximum atomic E-state index is 11.0. The Kier molecular flexibility index (Phi) is 8.69. The molecule has 0 heterocycles. The van der Waals surface area contributed by atoms with Gasteiger partial charge in [-0.15, -0.1) is 0 Å². The van der Waals surface area contributed by atoms with Gasteiger partial charge in [0.15, 0.2) is 5.40 Å². The van der Waals surface area contributed by atoms with Gasteiger partial charge in [-0.1, -0.05) is 44.8 Å². The highest BCUT2D eigenvalue weighted by molar-refractivity contribution is 7.70. The van der Waals surface area contributed by atoms with Crippen molar-refractivity contribution in [2.24, 2.45) is 0 Å². The van der Waals surface area contributed by atoms with Crippen molar-refractivity contribution in [1.29, 1.82) is 0 Å². The second-order valence-corrected chi connectivity index (χ2v) is 8.37. The number of hydrogen-bond donors (Lipinski definition) is 4. The van der Waals surface area contributed by atoms with Gasteiger partial charge in [0, 0.05) is 0 Å². The number of unbranched alkanes of at least 4 members (excludes halogenated alkanes) is 5. The molecule has 0 aliphatic heterocycles. The third-order valence-electron chi connectivity index (χ3n) is 2.69. The zero-order valence-corrected chi connectivity index (χ0v) is 12.1. The van der Waals surface area contributed by atoms with E-state index in [-0.39, 0.29) is 6.42 Å². The number of hydrogen-bond acceptors (Lipinski definition) is 2. The standard InChI is InChI=1S/C9H21BO6P2/c10-8-6-4-2-1-3-5-7-9(17(11,12)13)18(14,15)16/h9H,1-8H2,(H2,11,12,13)(H2,14,15,16). The molecule has 0 aromatic carbocycles. The van der Waals surface area contributed by atoms with Crippen molar-refractivity contribution in [3.05, 3.63) is 0 Å². The molecule has 0 rings (SSSR count). The van der Waals surface area contributed by atoms with E-state index < -0.39 is 20.6 Å². The lowest BCUT2D eigenvalue weighted by atomic mass is 9.98. The van der Waals surface area contributed by atoms with Crippen molar-refractivity contribution in [3.63, 3.8) is 0 Å². The molecule has 0 unspecified atom stereocenters. The van der Waals surface area contributed by atoms with Crippen LogP contribution in [0.2, 0.25) is 6.32 Å². The van der Waals surface area contributed by atoms with Gasteiger partial charge in [-0.25, -0.2) is 0 Å². The topological polar surface area (TPSA) is 115 Å². The second kappa shape index (κ2) is 8.52. The van der Waals surface area contributed by atoms with E-state index >= 15 is 0 Å². The van der Waals surface area contributed by atoms with Gasteiger partial charge in [-0.2, -0.15) is 0 Å². The molecule has 0 aromatic rings. The predicted molar refractivity (Wildman–Crippen MR) is 70.8 cm³/mol. The lowest BCUT2D eigenvalue weighted by Gasteiger charge is -2.19. The Morgan fingerprint density at radius 2 is 1.17 bits per heavy atom. The summed E-state index contributed by atoms with van der Waals surface area (Å²) in [6.07, 6.45) is 5.45. The van der Waals surface area contributed by atoms with Gasteiger partial charge in [-0.3, -0.25) is 9.13 Å². The zero-order chi connectivity index (χ0) is 14.2. The maximum absolute atomic E-state index is 11.0. The van der Waals surface area contributed by atoms with Gasteiger partial charge in [0.05, 0.1) is 7.85 Å². The highest BCUT2D eigenvalue weighted by Gasteiger charge is 2.42. The first-order valence-electron chi connectivity index (χ1n) is 6.00. The van der Waals surface area contributed by atoms with Gasteiger partial charge in [0.2, 0.25) is 0 Å². The third kappa shape index (κ3) is 8.46. The van der Waals surface area contributed by atoms with Crippen LogP contribution in [0.15, 0.2) is 0 Å². The molecule has 2 radical (unpaired) electrons. The second-order valence-electron chi connectivity index (χ2n) is 4.36. The summed E-state index contributed by atoms with van der Waals surface area (Å²) in [4.78, 5) is 35.6. The first-order chi connectivity index (χ1) is 8.19. The summed E-state index contributed by atoms with van der Waals surface area (Å²) >= 11 is 0. The van der Waals surface area contributed by atoms with Crippen LogP contribution < -0.4 is 0 Å². The molecular formula is C9H21BO6P2. The van der Waals surface area contributed by atoms with Crippen LogP contribution in [-0.4, -0.2) is 32.8 Å². The van der Waals surface area contributed by atoms with Crippen molar-refractivity contribution in [2.45, 2.75) is 56.7 Å². The van der Waals surface area contributed by atoms with E-state index in [1.807, 2.05) is 0 Å². The fourth-order valence-electron chi connectivity index (χ4n) is 1.71. The molecule has 106 valence electrons. The van der Waals surface area contributed by atoms with Crippen molar-refractivity contribution in [2.75, 3.05) is 0 Å². The third-order valence-corrected chi connectivity index (χ3v) is 6.57. The molecule has 9 heteroatoms. The van der Waals surface area contributed by atoms with Gasteiger partial charge in [0.1, 0.15) is 0 Å².